The number of rotatable bonds is 3. The van der Waals surface area contributed by atoms with Crippen molar-refractivity contribution >= 4 is 6.03 Å². The molecule has 104 valence electrons. The highest BCUT2D eigenvalue weighted by Gasteiger charge is 2.24. The van der Waals surface area contributed by atoms with E-state index in [0.29, 0.717) is 25.3 Å². The molecule has 2 fully saturated rings. The Morgan fingerprint density at radius 1 is 1.17 bits per heavy atom. The van der Waals surface area contributed by atoms with Crippen LogP contribution in [0, 0.1) is 0 Å². The average molecular weight is 255 g/mol. The van der Waals surface area contributed by atoms with Gasteiger partial charge in [0.1, 0.15) is 0 Å². The van der Waals surface area contributed by atoms with Crippen LogP contribution in [0.25, 0.3) is 0 Å². The van der Waals surface area contributed by atoms with Crippen LogP contribution in [-0.2, 0) is 4.74 Å². The van der Waals surface area contributed by atoms with E-state index in [0.717, 1.165) is 32.5 Å². The normalized spacial score (nSPS) is 29.1. The Morgan fingerprint density at radius 2 is 1.78 bits per heavy atom. The molecule has 2 aliphatic rings. The zero-order chi connectivity index (χ0) is 12.8. The maximum Gasteiger partial charge on any atom is 0.317 e. The van der Waals surface area contributed by atoms with Crippen molar-refractivity contribution in [2.24, 2.45) is 0 Å². The largest absolute Gasteiger partial charge is 0.378 e. The number of urea groups is 1. The van der Waals surface area contributed by atoms with Gasteiger partial charge >= 0.3 is 6.03 Å². The van der Waals surface area contributed by atoms with Crippen LogP contribution >= 0.6 is 0 Å². The third-order valence-electron chi connectivity index (χ3n) is 3.85. The molecule has 2 rings (SSSR count). The molecule has 1 aliphatic heterocycles. The third kappa shape index (κ3) is 3.85. The molecular formula is C13H25N3O2. The second kappa shape index (κ2) is 6.95. The topological polar surface area (TPSA) is 53.6 Å². The summed E-state index contributed by atoms with van der Waals surface area (Å²) in [6.45, 7) is 5.96. The second-order valence-electron chi connectivity index (χ2n) is 5.16. The lowest BCUT2D eigenvalue weighted by molar-refractivity contribution is 0.0520. The number of nitrogens with one attached hydrogen (secondary N) is 2. The van der Waals surface area contributed by atoms with Crippen molar-refractivity contribution in [3.8, 4) is 0 Å². The fourth-order valence-corrected chi connectivity index (χ4v) is 2.76. The number of ether oxygens (including phenoxy) is 1. The number of amides is 2. The fourth-order valence-electron chi connectivity index (χ4n) is 2.76. The van der Waals surface area contributed by atoms with Crippen molar-refractivity contribution in [3.63, 3.8) is 0 Å². The molecule has 2 amide bonds. The van der Waals surface area contributed by atoms with Crippen LogP contribution in [0.4, 0.5) is 4.79 Å². The van der Waals surface area contributed by atoms with E-state index in [-0.39, 0.29) is 6.03 Å². The summed E-state index contributed by atoms with van der Waals surface area (Å²) in [5.74, 6) is 0. The van der Waals surface area contributed by atoms with Crippen LogP contribution in [0.2, 0.25) is 0 Å². The van der Waals surface area contributed by atoms with Gasteiger partial charge in [-0.3, -0.25) is 0 Å². The SMILES string of the molecule is CCNC1CCC(NC(=O)N2CCOCC2)CC1. The Morgan fingerprint density at radius 3 is 2.39 bits per heavy atom. The molecule has 1 saturated heterocycles. The molecule has 5 heteroatoms. The minimum absolute atomic E-state index is 0.0881. The van der Waals surface area contributed by atoms with E-state index < -0.39 is 0 Å². The Balaban J connectivity index is 1.68. The molecule has 0 atom stereocenters. The highest BCUT2D eigenvalue weighted by Crippen LogP contribution is 2.18. The first-order chi connectivity index (χ1) is 8.79. The number of hydrogen-bond acceptors (Lipinski definition) is 3. The summed E-state index contributed by atoms with van der Waals surface area (Å²) < 4.78 is 5.25. The molecule has 0 unspecified atom stereocenters. The summed E-state index contributed by atoms with van der Waals surface area (Å²) in [5.41, 5.74) is 0. The van der Waals surface area contributed by atoms with E-state index in [1.165, 1.54) is 12.8 Å². The van der Waals surface area contributed by atoms with Gasteiger partial charge in [0.25, 0.3) is 0 Å². The lowest BCUT2D eigenvalue weighted by Crippen LogP contribution is -2.50. The monoisotopic (exact) mass is 255 g/mol. The quantitative estimate of drug-likeness (QED) is 0.789. The summed E-state index contributed by atoms with van der Waals surface area (Å²) in [6.07, 6.45) is 4.52. The molecule has 0 aromatic carbocycles. The van der Waals surface area contributed by atoms with Crippen molar-refractivity contribution in [3.05, 3.63) is 0 Å². The van der Waals surface area contributed by atoms with E-state index in [1.807, 2.05) is 4.90 Å². The Labute approximate surface area is 109 Å². The summed E-state index contributed by atoms with van der Waals surface area (Å²) in [6, 6.07) is 1.09. The van der Waals surface area contributed by atoms with Crippen LogP contribution in [0.15, 0.2) is 0 Å². The van der Waals surface area contributed by atoms with Crippen molar-refractivity contribution in [1.29, 1.82) is 0 Å². The van der Waals surface area contributed by atoms with Gasteiger partial charge in [-0.2, -0.15) is 0 Å². The van der Waals surface area contributed by atoms with Crippen molar-refractivity contribution in [2.45, 2.75) is 44.7 Å². The van der Waals surface area contributed by atoms with Crippen LogP contribution < -0.4 is 10.6 Å². The smallest absolute Gasteiger partial charge is 0.317 e. The molecule has 0 spiro atoms. The predicted molar refractivity (Wildman–Crippen MR) is 70.6 cm³/mol. The molecule has 1 heterocycles. The van der Waals surface area contributed by atoms with Gasteiger partial charge in [0, 0.05) is 25.2 Å². The van der Waals surface area contributed by atoms with E-state index >= 15 is 0 Å². The molecule has 0 aromatic heterocycles. The minimum Gasteiger partial charge on any atom is -0.378 e. The summed E-state index contributed by atoms with van der Waals surface area (Å²) in [4.78, 5) is 13.9. The van der Waals surface area contributed by atoms with E-state index in [9.17, 15) is 4.79 Å². The Kier molecular flexibility index (Phi) is 5.26. The van der Waals surface area contributed by atoms with Gasteiger partial charge in [0.2, 0.25) is 0 Å². The minimum atomic E-state index is 0.0881. The molecule has 18 heavy (non-hydrogen) atoms. The predicted octanol–water partition coefficient (Wildman–Crippen LogP) is 0.949. The molecule has 0 radical (unpaired) electrons. The maximum absolute atomic E-state index is 12.0. The van der Waals surface area contributed by atoms with E-state index in [1.54, 1.807) is 0 Å². The molecule has 0 aromatic rings. The first-order valence-electron chi connectivity index (χ1n) is 7.16. The van der Waals surface area contributed by atoms with Crippen LogP contribution in [0.5, 0.6) is 0 Å². The third-order valence-corrected chi connectivity index (χ3v) is 3.85. The van der Waals surface area contributed by atoms with E-state index in [4.69, 9.17) is 4.74 Å². The van der Waals surface area contributed by atoms with Gasteiger partial charge < -0.3 is 20.3 Å². The lowest BCUT2D eigenvalue weighted by Gasteiger charge is -2.33. The highest BCUT2D eigenvalue weighted by atomic mass is 16.5. The molecule has 2 N–H and O–H groups in total. The van der Waals surface area contributed by atoms with Crippen molar-refractivity contribution in [2.75, 3.05) is 32.8 Å². The van der Waals surface area contributed by atoms with Gasteiger partial charge in [0.15, 0.2) is 0 Å². The Bertz CT molecular complexity index is 259. The van der Waals surface area contributed by atoms with Crippen LogP contribution in [-0.4, -0.2) is 55.9 Å². The number of hydrogen-bond donors (Lipinski definition) is 2. The first kappa shape index (κ1) is 13.6. The summed E-state index contributed by atoms with van der Waals surface area (Å²) in [7, 11) is 0. The number of carbonyl (C=O) groups is 1. The summed E-state index contributed by atoms with van der Waals surface area (Å²) >= 11 is 0. The van der Waals surface area contributed by atoms with Gasteiger partial charge in [-0.1, -0.05) is 6.92 Å². The standard InChI is InChI=1S/C13H25N3O2/c1-2-14-11-3-5-12(6-4-11)15-13(17)16-7-9-18-10-8-16/h11-12,14H,2-10H2,1H3,(H,15,17). The summed E-state index contributed by atoms with van der Waals surface area (Å²) in [5, 5.41) is 6.64. The van der Waals surface area contributed by atoms with Gasteiger partial charge in [0.05, 0.1) is 13.2 Å². The average Bonchev–Trinajstić information content (AvgIpc) is 2.42. The van der Waals surface area contributed by atoms with Gasteiger partial charge in [-0.15, -0.1) is 0 Å². The second-order valence-corrected chi connectivity index (χ2v) is 5.16. The fraction of sp³-hybridized carbons (Fsp3) is 0.923. The first-order valence-corrected chi connectivity index (χ1v) is 7.16. The molecule has 1 saturated carbocycles. The maximum atomic E-state index is 12.0. The molecule has 0 bridgehead atoms. The van der Waals surface area contributed by atoms with Crippen molar-refractivity contribution in [1.82, 2.24) is 15.5 Å². The molecule has 1 aliphatic carbocycles. The van der Waals surface area contributed by atoms with Crippen molar-refractivity contribution < 1.29 is 9.53 Å². The van der Waals surface area contributed by atoms with Gasteiger partial charge in [-0.05, 0) is 32.2 Å². The highest BCUT2D eigenvalue weighted by molar-refractivity contribution is 5.74. The van der Waals surface area contributed by atoms with Crippen LogP contribution in [0.1, 0.15) is 32.6 Å². The molecule has 5 nitrogen and oxygen atoms in total. The molecular weight excluding hydrogens is 230 g/mol. The Hall–Kier alpha value is -0.810. The number of morpholine rings is 1. The number of carbonyl (C=O) groups excluding carboxylic acids is 1. The van der Waals surface area contributed by atoms with Crippen LogP contribution in [0.3, 0.4) is 0 Å². The zero-order valence-corrected chi connectivity index (χ0v) is 11.3. The van der Waals surface area contributed by atoms with Gasteiger partial charge in [-0.25, -0.2) is 4.79 Å². The number of nitrogens with zero attached hydrogens (tertiary/aromatic N) is 1. The van der Waals surface area contributed by atoms with E-state index in [2.05, 4.69) is 17.6 Å². The lowest BCUT2D eigenvalue weighted by atomic mass is 9.91. The zero-order valence-electron chi connectivity index (χ0n) is 11.3.